The zero-order chi connectivity index (χ0) is 24.6. The normalized spacial score (nSPS) is 11.0. The Bertz CT molecular complexity index is 1280. The summed E-state index contributed by atoms with van der Waals surface area (Å²) >= 11 is 0. The van der Waals surface area contributed by atoms with Gasteiger partial charge in [0, 0.05) is 30.9 Å². The lowest BCUT2D eigenvalue weighted by atomic mass is 10.1. The molecule has 1 aromatic heterocycles. The maximum absolute atomic E-state index is 12.4. The molecule has 8 heteroatoms. The van der Waals surface area contributed by atoms with Crippen LogP contribution < -0.4 is 16.0 Å². The van der Waals surface area contributed by atoms with E-state index in [-0.39, 0.29) is 12.5 Å². The van der Waals surface area contributed by atoms with Gasteiger partial charge in [-0.05, 0) is 60.4 Å². The SMILES string of the molecule is CCCNc1ccc(NC(=O)NCCCCCC(=O)O)cc1-c1nc2cc3ccccc3cc2o1. The number of unbranched alkanes of at least 4 members (excludes halogenated alkanes) is 2. The van der Waals surface area contributed by atoms with E-state index >= 15 is 0 Å². The summed E-state index contributed by atoms with van der Waals surface area (Å²) < 4.78 is 6.14. The molecule has 0 aliphatic carbocycles. The molecule has 35 heavy (non-hydrogen) atoms. The Balaban J connectivity index is 1.50. The van der Waals surface area contributed by atoms with E-state index in [4.69, 9.17) is 14.5 Å². The molecule has 0 aliphatic rings. The molecule has 0 saturated heterocycles. The smallest absolute Gasteiger partial charge is 0.319 e. The highest BCUT2D eigenvalue weighted by Crippen LogP contribution is 2.34. The molecular formula is C27H30N4O4. The average Bonchev–Trinajstić information content (AvgIpc) is 3.26. The van der Waals surface area contributed by atoms with Gasteiger partial charge in [0.25, 0.3) is 0 Å². The van der Waals surface area contributed by atoms with E-state index < -0.39 is 5.97 Å². The standard InChI is InChI=1S/C27H30N4O4/c1-2-13-28-22-12-11-20(30-27(34)29-14-7-3-4-10-25(32)33)17-21(22)26-31-23-15-18-8-5-6-9-19(18)16-24(23)35-26/h5-6,8-9,11-12,15-17,28H,2-4,7,10,13-14H2,1H3,(H,32,33)(H2,29,30,34). The van der Waals surface area contributed by atoms with Crippen LogP contribution in [-0.2, 0) is 4.79 Å². The molecule has 8 nitrogen and oxygen atoms in total. The van der Waals surface area contributed by atoms with E-state index in [9.17, 15) is 9.59 Å². The number of carboxylic acids is 1. The van der Waals surface area contributed by atoms with Gasteiger partial charge >= 0.3 is 12.0 Å². The van der Waals surface area contributed by atoms with Gasteiger partial charge in [-0.25, -0.2) is 9.78 Å². The lowest BCUT2D eigenvalue weighted by molar-refractivity contribution is -0.137. The van der Waals surface area contributed by atoms with E-state index in [1.807, 2.05) is 54.6 Å². The molecule has 2 amide bonds. The predicted molar refractivity (Wildman–Crippen MR) is 139 cm³/mol. The molecule has 4 aromatic rings. The molecular weight excluding hydrogens is 444 g/mol. The van der Waals surface area contributed by atoms with Crippen LogP contribution in [0.1, 0.15) is 39.0 Å². The van der Waals surface area contributed by atoms with Gasteiger partial charge in [-0.1, -0.05) is 37.6 Å². The monoisotopic (exact) mass is 474 g/mol. The molecule has 182 valence electrons. The third-order valence-electron chi connectivity index (χ3n) is 5.68. The van der Waals surface area contributed by atoms with Gasteiger partial charge in [-0.2, -0.15) is 0 Å². The third-order valence-corrected chi connectivity index (χ3v) is 5.68. The van der Waals surface area contributed by atoms with Crippen molar-refractivity contribution in [2.24, 2.45) is 0 Å². The summed E-state index contributed by atoms with van der Waals surface area (Å²) in [5.41, 5.74) is 3.76. The Morgan fingerprint density at radius 1 is 0.971 bits per heavy atom. The number of fused-ring (bicyclic) bond motifs is 2. The van der Waals surface area contributed by atoms with Crippen LogP contribution in [0.2, 0.25) is 0 Å². The van der Waals surface area contributed by atoms with E-state index in [0.717, 1.165) is 53.3 Å². The number of aliphatic carboxylic acids is 1. The highest BCUT2D eigenvalue weighted by Gasteiger charge is 2.15. The number of amides is 2. The minimum absolute atomic E-state index is 0.152. The molecule has 0 saturated carbocycles. The molecule has 1 heterocycles. The van der Waals surface area contributed by atoms with E-state index in [2.05, 4.69) is 22.9 Å². The molecule has 3 aromatic carbocycles. The first kappa shape index (κ1) is 24.1. The molecule has 0 atom stereocenters. The number of rotatable bonds is 11. The van der Waals surface area contributed by atoms with Crippen molar-refractivity contribution in [1.29, 1.82) is 0 Å². The van der Waals surface area contributed by atoms with Crippen molar-refractivity contribution in [2.45, 2.75) is 39.0 Å². The Hall–Kier alpha value is -4.07. The zero-order valence-corrected chi connectivity index (χ0v) is 19.8. The third kappa shape index (κ3) is 6.29. The molecule has 0 fully saturated rings. The number of benzene rings is 3. The first-order valence-corrected chi connectivity index (χ1v) is 12.0. The van der Waals surface area contributed by atoms with E-state index in [0.29, 0.717) is 30.1 Å². The largest absolute Gasteiger partial charge is 0.481 e. The van der Waals surface area contributed by atoms with Crippen molar-refractivity contribution in [1.82, 2.24) is 10.3 Å². The molecule has 0 radical (unpaired) electrons. The van der Waals surface area contributed by atoms with E-state index in [1.54, 1.807) is 0 Å². The van der Waals surface area contributed by atoms with E-state index in [1.165, 1.54) is 0 Å². The lowest BCUT2D eigenvalue weighted by Gasteiger charge is -2.13. The summed E-state index contributed by atoms with van der Waals surface area (Å²) in [6.45, 7) is 3.37. The molecule has 0 bridgehead atoms. The second-order valence-electron chi connectivity index (χ2n) is 8.46. The molecule has 0 spiro atoms. The number of carboxylic acid groups (broad SMARTS) is 1. The second-order valence-corrected chi connectivity index (χ2v) is 8.46. The number of aromatic nitrogens is 1. The van der Waals surface area contributed by atoms with Crippen LogP contribution in [0.15, 0.2) is 59.0 Å². The average molecular weight is 475 g/mol. The highest BCUT2D eigenvalue weighted by molar-refractivity contribution is 5.96. The summed E-state index contributed by atoms with van der Waals surface area (Å²) in [4.78, 5) is 27.7. The summed E-state index contributed by atoms with van der Waals surface area (Å²) in [6.07, 6.45) is 3.20. The fraction of sp³-hybridized carbons (Fsp3) is 0.296. The fourth-order valence-electron chi connectivity index (χ4n) is 3.90. The van der Waals surface area contributed by atoms with Crippen molar-refractivity contribution in [3.05, 3.63) is 54.6 Å². The zero-order valence-electron chi connectivity index (χ0n) is 19.8. The van der Waals surface area contributed by atoms with Crippen molar-refractivity contribution < 1.29 is 19.1 Å². The lowest BCUT2D eigenvalue weighted by Crippen LogP contribution is -2.29. The van der Waals surface area contributed by atoms with Crippen molar-refractivity contribution in [3.63, 3.8) is 0 Å². The number of hydrogen-bond donors (Lipinski definition) is 4. The molecule has 4 N–H and O–H groups in total. The first-order valence-electron chi connectivity index (χ1n) is 12.0. The van der Waals surface area contributed by atoms with Crippen LogP contribution in [0.5, 0.6) is 0 Å². The maximum atomic E-state index is 12.4. The van der Waals surface area contributed by atoms with Crippen molar-refractivity contribution >= 4 is 45.2 Å². The summed E-state index contributed by atoms with van der Waals surface area (Å²) in [6, 6.07) is 17.4. The first-order chi connectivity index (χ1) is 17.0. The summed E-state index contributed by atoms with van der Waals surface area (Å²) in [7, 11) is 0. The van der Waals surface area contributed by atoms with Crippen LogP contribution in [-0.4, -0.2) is 35.2 Å². The van der Waals surface area contributed by atoms with Crippen LogP contribution in [0.4, 0.5) is 16.2 Å². The minimum atomic E-state index is -0.796. The van der Waals surface area contributed by atoms with Crippen LogP contribution in [0.25, 0.3) is 33.3 Å². The van der Waals surface area contributed by atoms with Crippen LogP contribution in [0.3, 0.4) is 0 Å². The number of nitrogens with zero attached hydrogens (tertiary/aromatic N) is 1. The predicted octanol–water partition coefficient (Wildman–Crippen LogP) is 6.24. The molecule has 0 unspecified atom stereocenters. The number of urea groups is 1. The van der Waals surface area contributed by atoms with Crippen molar-refractivity contribution in [2.75, 3.05) is 23.7 Å². The van der Waals surface area contributed by atoms with Gasteiger partial charge in [-0.15, -0.1) is 0 Å². The van der Waals surface area contributed by atoms with Crippen molar-refractivity contribution in [3.8, 4) is 11.5 Å². The Labute approximate surface area is 203 Å². The van der Waals surface area contributed by atoms with Crippen LogP contribution >= 0.6 is 0 Å². The quantitative estimate of drug-likeness (QED) is 0.191. The number of carbonyl (C=O) groups is 2. The number of oxazole rings is 1. The second kappa shape index (κ2) is 11.4. The van der Waals surface area contributed by atoms with Gasteiger partial charge < -0.3 is 25.5 Å². The van der Waals surface area contributed by atoms with Gasteiger partial charge in [0.1, 0.15) is 5.52 Å². The Morgan fingerprint density at radius 3 is 2.54 bits per heavy atom. The van der Waals surface area contributed by atoms with Gasteiger partial charge in [0.2, 0.25) is 5.89 Å². The van der Waals surface area contributed by atoms with Crippen LogP contribution in [0, 0.1) is 0 Å². The number of hydrogen-bond acceptors (Lipinski definition) is 5. The maximum Gasteiger partial charge on any atom is 0.319 e. The molecule has 4 rings (SSSR count). The summed E-state index contributed by atoms with van der Waals surface area (Å²) in [5, 5.41) is 20.0. The number of nitrogens with one attached hydrogen (secondary N) is 3. The number of carbonyl (C=O) groups excluding carboxylic acids is 1. The topological polar surface area (TPSA) is 116 Å². The Morgan fingerprint density at radius 2 is 1.77 bits per heavy atom. The Kier molecular flexibility index (Phi) is 7.82. The van der Waals surface area contributed by atoms with Gasteiger partial charge in [0.15, 0.2) is 5.58 Å². The molecule has 0 aliphatic heterocycles. The van der Waals surface area contributed by atoms with Gasteiger partial charge in [0.05, 0.1) is 5.56 Å². The summed E-state index contributed by atoms with van der Waals surface area (Å²) in [5.74, 6) is -0.313. The minimum Gasteiger partial charge on any atom is -0.481 e. The van der Waals surface area contributed by atoms with Gasteiger partial charge in [-0.3, -0.25) is 4.79 Å². The highest BCUT2D eigenvalue weighted by atomic mass is 16.4. The fourth-order valence-corrected chi connectivity index (χ4v) is 3.90. The number of anilines is 2.